The van der Waals surface area contributed by atoms with Crippen LogP contribution in [0.5, 0.6) is 0 Å². The molecule has 1 aromatic carbocycles. The number of aromatic carboxylic acids is 1. The molecule has 22 heavy (non-hydrogen) atoms. The summed E-state index contributed by atoms with van der Waals surface area (Å²) in [5.41, 5.74) is 0.709. The van der Waals surface area contributed by atoms with Gasteiger partial charge in [-0.3, -0.25) is 0 Å². The van der Waals surface area contributed by atoms with Crippen LogP contribution >= 0.6 is 12.4 Å². The van der Waals surface area contributed by atoms with Crippen LogP contribution in [0.25, 0.3) is 11.3 Å². The Labute approximate surface area is 135 Å². The second kappa shape index (κ2) is 7.45. The maximum Gasteiger partial charge on any atom is 0.335 e. The van der Waals surface area contributed by atoms with Crippen molar-refractivity contribution < 1.29 is 19.4 Å². The van der Waals surface area contributed by atoms with E-state index in [0.717, 1.165) is 11.3 Å². The number of aliphatic hydroxyl groups is 1. The van der Waals surface area contributed by atoms with E-state index < -0.39 is 5.97 Å². The van der Waals surface area contributed by atoms with E-state index in [2.05, 4.69) is 5.32 Å². The fourth-order valence-electron chi connectivity index (χ4n) is 1.79. The lowest BCUT2D eigenvalue weighted by molar-refractivity contribution is 0.0697. The Morgan fingerprint density at radius 2 is 1.82 bits per heavy atom. The van der Waals surface area contributed by atoms with Crippen molar-refractivity contribution in [1.82, 2.24) is 5.32 Å². The quantitative estimate of drug-likeness (QED) is 0.760. The fourth-order valence-corrected chi connectivity index (χ4v) is 1.79. The first-order valence-electron chi connectivity index (χ1n) is 6.69. The lowest BCUT2D eigenvalue weighted by atomic mass is 10.1. The first-order chi connectivity index (χ1) is 9.91. The van der Waals surface area contributed by atoms with Crippen molar-refractivity contribution in [3.63, 3.8) is 0 Å². The van der Waals surface area contributed by atoms with Crippen LogP contribution in [0.3, 0.4) is 0 Å². The normalized spacial score (nSPS) is 11.0. The topological polar surface area (TPSA) is 82.7 Å². The number of aliphatic hydroxyl groups excluding tert-OH is 1. The molecule has 120 valence electrons. The van der Waals surface area contributed by atoms with Gasteiger partial charge in [-0.2, -0.15) is 0 Å². The summed E-state index contributed by atoms with van der Waals surface area (Å²) in [6.07, 6.45) is 0. The number of hydrogen-bond acceptors (Lipinski definition) is 4. The van der Waals surface area contributed by atoms with Gasteiger partial charge in [0, 0.05) is 11.1 Å². The van der Waals surface area contributed by atoms with E-state index in [1.165, 1.54) is 0 Å². The van der Waals surface area contributed by atoms with Gasteiger partial charge in [0.1, 0.15) is 11.5 Å². The Bertz CT molecular complexity index is 619. The standard InChI is InChI=1S/C16H19NO4.ClH/c1-16(2,10-18)17-9-13-7-8-14(21-13)11-3-5-12(6-4-11)15(19)20;/h3-8,17-18H,9-10H2,1-2H3,(H,19,20);1H. The average Bonchev–Trinajstić information content (AvgIpc) is 2.94. The minimum atomic E-state index is -0.947. The highest BCUT2D eigenvalue weighted by molar-refractivity contribution is 5.88. The van der Waals surface area contributed by atoms with E-state index in [4.69, 9.17) is 9.52 Å². The summed E-state index contributed by atoms with van der Waals surface area (Å²) in [7, 11) is 0. The molecule has 0 saturated carbocycles. The van der Waals surface area contributed by atoms with E-state index in [1.54, 1.807) is 24.3 Å². The van der Waals surface area contributed by atoms with E-state index in [0.29, 0.717) is 12.3 Å². The zero-order chi connectivity index (χ0) is 15.5. The number of benzene rings is 1. The molecule has 0 aliphatic rings. The molecule has 0 aliphatic carbocycles. The van der Waals surface area contributed by atoms with Crippen molar-refractivity contribution in [3.05, 3.63) is 47.7 Å². The van der Waals surface area contributed by atoms with E-state index in [1.807, 2.05) is 26.0 Å². The molecule has 3 N–H and O–H groups in total. The monoisotopic (exact) mass is 325 g/mol. The first-order valence-corrected chi connectivity index (χ1v) is 6.69. The van der Waals surface area contributed by atoms with Gasteiger partial charge in [0.05, 0.1) is 18.7 Å². The SMILES string of the molecule is CC(C)(CO)NCc1ccc(-c2ccc(C(=O)O)cc2)o1.Cl. The molecule has 0 unspecified atom stereocenters. The predicted molar refractivity (Wildman–Crippen MR) is 86.4 cm³/mol. The molecule has 0 saturated heterocycles. The fraction of sp³-hybridized carbons (Fsp3) is 0.312. The maximum absolute atomic E-state index is 10.8. The van der Waals surface area contributed by atoms with E-state index in [-0.39, 0.29) is 30.1 Å². The number of carboxylic acid groups (broad SMARTS) is 1. The molecular formula is C16H20ClNO4. The van der Waals surface area contributed by atoms with Gasteiger partial charge < -0.3 is 19.9 Å². The summed E-state index contributed by atoms with van der Waals surface area (Å²) >= 11 is 0. The first kappa shape index (κ1) is 18.2. The number of carbonyl (C=O) groups is 1. The molecule has 2 rings (SSSR count). The van der Waals surface area contributed by atoms with Crippen molar-refractivity contribution in [3.8, 4) is 11.3 Å². The van der Waals surface area contributed by atoms with Crippen LogP contribution in [0.2, 0.25) is 0 Å². The lowest BCUT2D eigenvalue weighted by Crippen LogP contribution is -2.41. The minimum Gasteiger partial charge on any atom is -0.478 e. The van der Waals surface area contributed by atoms with Crippen molar-refractivity contribution in [2.75, 3.05) is 6.61 Å². The third kappa shape index (κ3) is 4.59. The molecule has 0 radical (unpaired) electrons. The third-order valence-corrected chi connectivity index (χ3v) is 3.21. The molecular weight excluding hydrogens is 306 g/mol. The van der Waals surface area contributed by atoms with Gasteiger partial charge in [0.25, 0.3) is 0 Å². The number of carboxylic acids is 1. The van der Waals surface area contributed by atoms with Crippen LogP contribution in [-0.2, 0) is 6.54 Å². The Morgan fingerprint density at radius 1 is 1.18 bits per heavy atom. The van der Waals surface area contributed by atoms with Gasteiger partial charge in [-0.1, -0.05) is 12.1 Å². The van der Waals surface area contributed by atoms with Gasteiger partial charge in [-0.15, -0.1) is 12.4 Å². The van der Waals surface area contributed by atoms with Crippen LogP contribution in [0.1, 0.15) is 30.0 Å². The molecule has 0 fully saturated rings. The Morgan fingerprint density at radius 3 is 2.36 bits per heavy atom. The maximum atomic E-state index is 10.8. The number of hydrogen-bond donors (Lipinski definition) is 3. The summed E-state index contributed by atoms with van der Waals surface area (Å²) in [5.74, 6) is 0.497. The van der Waals surface area contributed by atoms with Crippen molar-refractivity contribution in [1.29, 1.82) is 0 Å². The highest BCUT2D eigenvalue weighted by atomic mass is 35.5. The van der Waals surface area contributed by atoms with Gasteiger partial charge >= 0.3 is 5.97 Å². The van der Waals surface area contributed by atoms with Gasteiger partial charge in [0.15, 0.2) is 0 Å². The van der Waals surface area contributed by atoms with Crippen molar-refractivity contribution in [2.45, 2.75) is 25.9 Å². The van der Waals surface area contributed by atoms with Gasteiger partial charge in [-0.25, -0.2) is 4.79 Å². The third-order valence-electron chi connectivity index (χ3n) is 3.21. The van der Waals surface area contributed by atoms with Crippen LogP contribution < -0.4 is 5.32 Å². The largest absolute Gasteiger partial charge is 0.478 e. The molecule has 0 amide bonds. The summed E-state index contributed by atoms with van der Waals surface area (Å²) in [4.78, 5) is 10.8. The molecule has 0 aliphatic heterocycles. The second-order valence-corrected chi connectivity index (χ2v) is 5.54. The van der Waals surface area contributed by atoms with Gasteiger partial charge in [0.2, 0.25) is 0 Å². The zero-order valence-corrected chi connectivity index (χ0v) is 13.3. The van der Waals surface area contributed by atoms with Crippen molar-refractivity contribution in [2.24, 2.45) is 0 Å². The Hall–Kier alpha value is -1.82. The molecule has 1 heterocycles. The molecule has 0 spiro atoms. The molecule has 5 nitrogen and oxygen atoms in total. The minimum absolute atomic E-state index is 0. The number of halogens is 1. The van der Waals surface area contributed by atoms with Crippen LogP contribution in [0.4, 0.5) is 0 Å². The van der Waals surface area contributed by atoms with Gasteiger partial charge in [-0.05, 0) is 38.1 Å². The van der Waals surface area contributed by atoms with Crippen LogP contribution in [-0.4, -0.2) is 28.3 Å². The van der Waals surface area contributed by atoms with Crippen LogP contribution in [0, 0.1) is 0 Å². The summed E-state index contributed by atoms with van der Waals surface area (Å²) in [6, 6.07) is 10.2. The molecule has 6 heteroatoms. The number of furan rings is 1. The Balaban J connectivity index is 0.00000242. The molecule has 1 aromatic heterocycles. The molecule has 2 aromatic rings. The second-order valence-electron chi connectivity index (χ2n) is 5.54. The summed E-state index contributed by atoms with van der Waals surface area (Å²) < 4.78 is 5.72. The predicted octanol–water partition coefficient (Wildman–Crippen LogP) is 2.93. The summed E-state index contributed by atoms with van der Waals surface area (Å²) in [6.45, 7) is 4.36. The number of nitrogens with one attached hydrogen (secondary N) is 1. The van der Waals surface area contributed by atoms with E-state index in [9.17, 15) is 9.90 Å². The van der Waals surface area contributed by atoms with E-state index >= 15 is 0 Å². The van der Waals surface area contributed by atoms with Crippen LogP contribution in [0.15, 0.2) is 40.8 Å². The Kier molecular flexibility index (Phi) is 6.17. The van der Waals surface area contributed by atoms with Crippen molar-refractivity contribution >= 4 is 18.4 Å². The lowest BCUT2D eigenvalue weighted by Gasteiger charge is -2.22. The molecule has 0 atom stereocenters. The smallest absolute Gasteiger partial charge is 0.335 e. The molecule has 0 bridgehead atoms. The highest BCUT2D eigenvalue weighted by Gasteiger charge is 2.16. The highest BCUT2D eigenvalue weighted by Crippen LogP contribution is 2.23. The number of rotatable bonds is 6. The zero-order valence-electron chi connectivity index (χ0n) is 12.5. The summed E-state index contributed by atoms with van der Waals surface area (Å²) in [5, 5.41) is 21.2. The average molecular weight is 326 g/mol.